The average molecular weight is 309 g/mol. The second-order valence-electron chi connectivity index (χ2n) is 5.40. The fourth-order valence-corrected chi connectivity index (χ4v) is 3.14. The van der Waals surface area contributed by atoms with Crippen LogP contribution in [0.25, 0.3) is 0 Å². The van der Waals surface area contributed by atoms with Gasteiger partial charge in [-0.25, -0.2) is 8.78 Å². The molecule has 0 aromatic heterocycles. The van der Waals surface area contributed by atoms with Crippen LogP contribution in [0.2, 0.25) is 0 Å². The van der Waals surface area contributed by atoms with Crippen molar-refractivity contribution in [3.8, 4) is 0 Å². The zero-order valence-electron chi connectivity index (χ0n) is 12.2. The lowest BCUT2D eigenvalue weighted by Gasteiger charge is -2.28. The SMILES string of the molecule is CCC(C)C(c1ccccc1)C(Cl)c1ccc(F)c(F)c1. The quantitative estimate of drug-likeness (QED) is 0.588. The molecule has 3 heteroatoms. The molecule has 2 aromatic carbocycles. The van der Waals surface area contributed by atoms with Crippen LogP contribution in [-0.2, 0) is 0 Å². The smallest absolute Gasteiger partial charge is 0.159 e. The lowest BCUT2D eigenvalue weighted by atomic mass is 9.81. The fraction of sp³-hybridized carbons (Fsp3) is 0.333. The number of alkyl halides is 1. The van der Waals surface area contributed by atoms with Crippen LogP contribution in [0.3, 0.4) is 0 Å². The van der Waals surface area contributed by atoms with E-state index in [9.17, 15) is 8.78 Å². The highest BCUT2D eigenvalue weighted by Gasteiger charge is 2.27. The first kappa shape index (κ1) is 16.0. The van der Waals surface area contributed by atoms with Crippen molar-refractivity contribution in [1.82, 2.24) is 0 Å². The predicted molar refractivity (Wildman–Crippen MR) is 83.6 cm³/mol. The van der Waals surface area contributed by atoms with Crippen LogP contribution in [0.15, 0.2) is 48.5 Å². The van der Waals surface area contributed by atoms with Gasteiger partial charge in [-0.3, -0.25) is 0 Å². The summed E-state index contributed by atoms with van der Waals surface area (Å²) in [6.07, 6.45) is 0.965. The molecule has 2 rings (SSSR count). The summed E-state index contributed by atoms with van der Waals surface area (Å²) in [4.78, 5) is 0. The van der Waals surface area contributed by atoms with Crippen molar-refractivity contribution >= 4 is 11.6 Å². The fourth-order valence-electron chi connectivity index (χ4n) is 2.61. The van der Waals surface area contributed by atoms with E-state index in [0.717, 1.165) is 18.1 Å². The summed E-state index contributed by atoms with van der Waals surface area (Å²) in [7, 11) is 0. The van der Waals surface area contributed by atoms with Gasteiger partial charge in [0.25, 0.3) is 0 Å². The monoisotopic (exact) mass is 308 g/mol. The Balaban J connectivity index is 2.38. The van der Waals surface area contributed by atoms with Crippen LogP contribution in [0.1, 0.15) is 42.7 Å². The molecule has 0 aliphatic heterocycles. The topological polar surface area (TPSA) is 0 Å². The number of halogens is 3. The largest absolute Gasteiger partial charge is 0.204 e. The third-order valence-corrected chi connectivity index (χ3v) is 4.54. The van der Waals surface area contributed by atoms with E-state index in [1.54, 1.807) is 6.07 Å². The van der Waals surface area contributed by atoms with Crippen LogP contribution in [-0.4, -0.2) is 0 Å². The molecule has 0 amide bonds. The van der Waals surface area contributed by atoms with Crippen molar-refractivity contribution in [3.63, 3.8) is 0 Å². The van der Waals surface area contributed by atoms with Gasteiger partial charge in [0, 0.05) is 5.92 Å². The molecule has 3 unspecified atom stereocenters. The molecule has 0 spiro atoms. The molecule has 0 aliphatic rings. The zero-order chi connectivity index (χ0) is 15.4. The first-order valence-corrected chi connectivity index (χ1v) is 7.62. The zero-order valence-corrected chi connectivity index (χ0v) is 12.9. The highest BCUT2D eigenvalue weighted by molar-refractivity contribution is 6.21. The second kappa shape index (κ2) is 7.04. The van der Waals surface area contributed by atoms with Gasteiger partial charge in [-0.1, -0.05) is 56.7 Å². The first-order chi connectivity index (χ1) is 10.0. The second-order valence-corrected chi connectivity index (χ2v) is 5.87. The highest BCUT2D eigenvalue weighted by atomic mass is 35.5. The van der Waals surface area contributed by atoms with Crippen LogP contribution in [0, 0.1) is 17.6 Å². The van der Waals surface area contributed by atoms with E-state index in [1.807, 2.05) is 30.3 Å². The van der Waals surface area contributed by atoms with Crippen molar-refractivity contribution in [3.05, 3.63) is 71.3 Å². The Bertz CT molecular complexity index is 583. The molecule has 0 heterocycles. The van der Waals surface area contributed by atoms with E-state index >= 15 is 0 Å². The minimum atomic E-state index is -0.853. The van der Waals surface area contributed by atoms with Gasteiger partial charge in [-0.05, 0) is 29.2 Å². The minimum absolute atomic E-state index is 0.0581. The molecule has 0 saturated heterocycles. The maximum atomic E-state index is 13.5. The molecule has 0 radical (unpaired) electrons. The normalized spacial score (nSPS) is 15.5. The van der Waals surface area contributed by atoms with Gasteiger partial charge in [0.15, 0.2) is 11.6 Å². The number of rotatable bonds is 5. The Kier molecular flexibility index (Phi) is 5.35. The van der Waals surface area contributed by atoms with Crippen LogP contribution < -0.4 is 0 Å². The number of benzene rings is 2. The molecule has 0 N–H and O–H groups in total. The Labute approximate surface area is 129 Å². The van der Waals surface area contributed by atoms with E-state index in [2.05, 4.69) is 13.8 Å². The van der Waals surface area contributed by atoms with Gasteiger partial charge in [0.2, 0.25) is 0 Å². The standard InChI is InChI=1S/C18H19ClF2/c1-3-12(2)17(13-7-5-4-6-8-13)18(19)14-9-10-15(20)16(21)11-14/h4-12,17-18H,3H2,1-2H3. The number of hydrogen-bond donors (Lipinski definition) is 0. The third kappa shape index (κ3) is 3.62. The summed E-state index contributed by atoms with van der Waals surface area (Å²) in [6, 6.07) is 13.9. The van der Waals surface area contributed by atoms with Gasteiger partial charge in [0.1, 0.15) is 0 Å². The molecular formula is C18H19ClF2. The molecule has 3 atom stereocenters. The van der Waals surface area contributed by atoms with E-state index in [1.165, 1.54) is 6.07 Å². The molecule has 0 bridgehead atoms. The van der Waals surface area contributed by atoms with Crippen molar-refractivity contribution in [2.45, 2.75) is 31.6 Å². The summed E-state index contributed by atoms with van der Waals surface area (Å²) < 4.78 is 26.5. The lowest BCUT2D eigenvalue weighted by Crippen LogP contribution is -2.15. The van der Waals surface area contributed by atoms with Gasteiger partial charge in [-0.15, -0.1) is 11.6 Å². The van der Waals surface area contributed by atoms with Crippen LogP contribution in [0.5, 0.6) is 0 Å². The minimum Gasteiger partial charge on any atom is -0.204 e. The van der Waals surface area contributed by atoms with Gasteiger partial charge in [-0.2, -0.15) is 0 Å². The third-order valence-electron chi connectivity index (χ3n) is 4.02. The predicted octanol–water partition coefficient (Wildman–Crippen LogP) is 6.07. The van der Waals surface area contributed by atoms with Crippen molar-refractivity contribution in [2.75, 3.05) is 0 Å². The Morgan fingerprint density at radius 1 is 0.952 bits per heavy atom. The lowest BCUT2D eigenvalue weighted by molar-refractivity contribution is 0.431. The first-order valence-electron chi connectivity index (χ1n) is 7.18. The summed E-state index contributed by atoms with van der Waals surface area (Å²) in [5, 5.41) is -0.391. The van der Waals surface area contributed by atoms with Crippen LogP contribution in [0.4, 0.5) is 8.78 Å². The Morgan fingerprint density at radius 2 is 1.62 bits per heavy atom. The Morgan fingerprint density at radius 3 is 2.19 bits per heavy atom. The summed E-state index contributed by atoms with van der Waals surface area (Å²) in [5.41, 5.74) is 1.74. The molecule has 0 aliphatic carbocycles. The maximum absolute atomic E-state index is 13.5. The highest BCUT2D eigenvalue weighted by Crippen LogP contribution is 2.42. The van der Waals surface area contributed by atoms with E-state index in [4.69, 9.17) is 11.6 Å². The molecule has 0 fully saturated rings. The maximum Gasteiger partial charge on any atom is 0.159 e. The summed E-state index contributed by atoms with van der Waals surface area (Å²) >= 11 is 6.62. The Hall–Kier alpha value is -1.41. The molecular weight excluding hydrogens is 290 g/mol. The molecule has 112 valence electrons. The number of hydrogen-bond acceptors (Lipinski definition) is 0. The molecule has 0 nitrogen and oxygen atoms in total. The van der Waals surface area contributed by atoms with Crippen molar-refractivity contribution in [1.29, 1.82) is 0 Å². The van der Waals surface area contributed by atoms with Crippen molar-refractivity contribution in [2.24, 2.45) is 5.92 Å². The van der Waals surface area contributed by atoms with Gasteiger partial charge >= 0.3 is 0 Å². The molecule has 0 saturated carbocycles. The summed E-state index contributed by atoms with van der Waals surface area (Å²) in [6.45, 7) is 4.24. The van der Waals surface area contributed by atoms with E-state index in [-0.39, 0.29) is 5.92 Å². The van der Waals surface area contributed by atoms with Crippen molar-refractivity contribution < 1.29 is 8.78 Å². The van der Waals surface area contributed by atoms with E-state index < -0.39 is 17.0 Å². The van der Waals surface area contributed by atoms with E-state index in [0.29, 0.717) is 11.5 Å². The molecule has 21 heavy (non-hydrogen) atoms. The molecule has 2 aromatic rings. The van der Waals surface area contributed by atoms with Crippen LogP contribution >= 0.6 is 11.6 Å². The van der Waals surface area contributed by atoms with Gasteiger partial charge < -0.3 is 0 Å². The van der Waals surface area contributed by atoms with Gasteiger partial charge in [0.05, 0.1) is 5.38 Å². The average Bonchev–Trinajstić information content (AvgIpc) is 2.51. The summed E-state index contributed by atoms with van der Waals surface area (Å²) in [5.74, 6) is -1.30.